The van der Waals surface area contributed by atoms with Gasteiger partial charge in [0.05, 0.1) is 0 Å². The van der Waals surface area contributed by atoms with Crippen LogP contribution in [0, 0.1) is 0 Å². The molecule has 0 aromatic rings. The minimum atomic E-state index is -2.42. The van der Waals surface area contributed by atoms with Crippen molar-refractivity contribution < 1.29 is 8.78 Å². The Hall–Kier alpha value is -0.180. The van der Waals surface area contributed by atoms with Gasteiger partial charge < -0.3 is 0 Å². The molecular weight excluding hydrogens is 172 g/mol. The number of halogens is 2. The molecule has 0 unspecified atom stereocenters. The van der Waals surface area contributed by atoms with E-state index in [1.165, 1.54) is 0 Å². The maximum atomic E-state index is 12.8. The number of nitrogens with zero attached hydrogens (tertiary/aromatic N) is 1. The summed E-state index contributed by atoms with van der Waals surface area (Å²) in [6.45, 7) is 7.42. The van der Waals surface area contributed by atoms with E-state index >= 15 is 0 Å². The van der Waals surface area contributed by atoms with Gasteiger partial charge in [0.1, 0.15) is 0 Å². The van der Waals surface area contributed by atoms with Crippen LogP contribution in [0.25, 0.3) is 0 Å². The lowest BCUT2D eigenvalue weighted by Gasteiger charge is -2.42. The zero-order valence-electron chi connectivity index (χ0n) is 8.74. The molecule has 1 fully saturated rings. The number of rotatable bonds is 2. The highest BCUT2D eigenvalue weighted by atomic mass is 19.3. The first-order valence-electron chi connectivity index (χ1n) is 5.00. The minimum Gasteiger partial charge on any atom is -0.298 e. The summed E-state index contributed by atoms with van der Waals surface area (Å²) in [5.74, 6) is -2.42. The van der Waals surface area contributed by atoms with Gasteiger partial charge >= 0.3 is 0 Å². The molecule has 1 heterocycles. The average molecular weight is 191 g/mol. The van der Waals surface area contributed by atoms with Crippen LogP contribution in [-0.2, 0) is 0 Å². The lowest BCUT2D eigenvalue weighted by molar-refractivity contribution is -0.0742. The minimum absolute atomic E-state index is 0.0242. The molecule has 0 saturated carbocycles. The molecule has 1 saturated heterocycles. The van der Waals surface area contributed by atoms with Gasteiger partial charge in [0, 0.05) is 31.5 Å². The van der Waals surface area contributed by atoms with Crippen molar-refractivity contribution in [3.8, 4) is 0 Å². The van der Waals surface area contributed by atoms with Crippen molar-refractivity contribution in [3.63, 3.8) is 0 Å². The number of hydrogen-bond donors (Lipinski definition) is 0. The van der Waals surface area contributed by atoms with Crippen molar-refractivity contribution in [2.75, 3.05) is 13.1 Å². The highest BCUT2D eigenvalue weighted by Gasteiger charge is 2.37. The Morgan fingerprint density at radius 1 is 1.23 bits per heavy atom. The number of alkyl halides is 2. The molecule has 1 aliphatic heterocycles. The van der Waals surface area contributed by atoms with Crippen LogP contribution in [0.15, 0.2) is 0 Å². The Kier molecular flexibility index (Phi) is 2.95. The van der Waals surface area contributed by atoms with Crippen molar-refractivity contribution >= 4 is 0 Å². The fraction of sp³-hybridized carbons (Fsp3) is 1.00. The Bertz CT molecular complexity index is 168. The van der Waals surface area contributed by atoms with Crippen LogP contribution in [0.2, 0.25) is 0 Å². The predicted molar refractivity (Wildman–Crippen MR) is 50.1 cm³/mol. The van der Waals surface area contributed by atoms with Gasteiger partial charge in [0.15, 0.2) is 0 Å². The summed E-state index contributed by atoms with van der Waals surface area (Å²) in [4.78, 5) is 2.17. The van der Waals surface area contributed by atoms with Crippen LogP contribution < -0.4 is 0 Å². The zero-order chi connectivity index (χ0) is 10.1. The summed E-state index contributed by atoms with van der Waals surface area (Å²) in [5, 5.41) is 0. The van der Waals surface area contributed by atoms with E-state index in [0.717, 1.165) is 6.42 Å². The van der Waals surface area contributed by atoms with Crippen LogP contribution in [0.1, 0.15) is 40.0 Å². The van der Waals surface area contributed by atoms with Crippen molar-refractivity contribution in [2.24, 2.45) is 0 Å². The smallest absolute Gasteiger partial charge is 0.250 e. The highest BCUT2D eigenvalue weighted by Crippen LogP contribution is 2.31. The fourth-order valence-corrected chi connectivity index (χ4v) is 1.66. The van der Waals surface area contributed by atoms with Crippen LogP contribution in [0.3, 0.4) is 0 Å². The van der Waals surface area contributed by atoms with E-state index in [9.17, 15) is 8.78 Å². The van der Waals surface area contributed by atoms with E-state index in [-0.39, 0.29) is 18.4 Å². The molecule has 0 spiro atoms. The van der Waals surface area contributed by atoms with E-state index in [1.807, 2.05) is 0 Å². The summed E-state index contributed by atoms with van der Waals surface area (Å²) < 4.78 is 25.7. The molecule has 1 aliphatic rings. The molecule has 0 aliphatic carbocycles. The first kappa shape index (κ1) is 10.9. The summed E-state index contributed by atoms with van der Waals surface area (Å²) >= 11 is 0. The molecule has 13 heavy (non-hydrogen) atoms. The molecule has 0 radical (unpaired) electrons. The van der Waals surface area contributed by atoms with E-state index in [4.69, 9.17) is 0 Å². The second-order valence-electron chi connectivity index (χ2n) is 4.51. The average Bonchev–Trinajstić information content (AvgIpc) is 2.04. The van der Waals surface area contributed by atoms with Crippen LogP contribution >= 0.6 is 0 Å². The third-order valence-corrected chi connectivity index (χ3v) is 3.22. The normalized spacial score (nSPS) is 24.7. The lowest BCUT2D eigenvalue weighted by Crippen LogP contribution is -2.50. The number of likely N-dealkylation sites (tertiary alicyclic amines) is 1. The van der Waals surface area contributed by atoms with E-state index < -0.39 is 5.92 Å². The second-order valence-corrected chi connectivity index (χ2v) is 4.51. The topological polar surface area (TPSA) is 3.24 Å². The molecule has 0 amide bonds. The summed E-state index contributed by atoms with van der Waals surface area (Å²) in [6.07, 6.45) is 1.06. The Balaban J connectivity index is 2.50. The number of piperidine rings is 1. The Morgan fingerprint density at radius 3 is 2.08 bits per heavy atom. The fourth-order valence-electron chi connectivity index (χ4n) is 1.66. The number of hydrogen-bond acceptors (Lipinski definition) is 1. The SMILES string of the molecule is CCC(C)(C)N1CCC(F)(F)CC1. The maximum Gasteiger partial charge on any atom is 0.250 e. The standard InChI is InChI=1S/C10H19F2N/c1-4-9(2,3)13-7-5-10(11,12)6-8-13/h4-8H2,1-3H3. The van der Waals surface area contributed by atoms with E-state index in [2.05, 4.69) is 25.7 Å². The molecule has 0 aromatic carbocycles. The van der Waals surface area contributed by atoms with Gasteiger partial charge in [0.2, 0.25) is 0 Å². The first-order chi connectivity index (χ1) is 5.87. The van der Waals surface area contributed by atoms with Gasteiger partial charge in [-0.15, -0.1) is 0 Å². The molecule has 1 rings (SSSR count). The first-order valence-corrected chi connectivity index (χ1v) is 5.00. The molecule has 0 N–H and O–H groups in total. The van der Waals surface area contributed by atoms with E-state index in [0.29, 0.717) is 13.1 Å². The maximum absolute atomic E-state index is 12.8. The molecule has 78 valence electrons. The Labute approximate surface area is 79.1 Å². The van der Waals surface area contributed by atoms with Crippen LogP contribution in [0.4, 0.5) is 8.78 Å². The van der Waals surface area contributed by atoms with Crippen LogP contribution in [0.5, 0.6) is 0 Å². The monoisotopic (exact) mass is 191 g/mol. The lowest BCUT2D eigenvalue weighted by atomic mass is 9.95. The van der Waals surface area contributed by atoms with Crippen molar-refractivity contribution in [1.29, 1.82) is 0 Å². The molecule has 3 heteroatoms. The second kappa shape index (κ2) is 3.52. The quantitative estimate of drug-likeness (QED) is 0.648. The van der Waals surface area contributed by atoms with Gasteiger partial charge in [-0.1, -0.05) is 6.92 Å². The predicted octanol–water partition coefficient (Wildman–Crippen LogP) is 2.91. The molecular formula is C10H19F2N. The largest absolute Gasteiger partial charge is 0.298 e. The molecule has 0 atom stereocenters. The summed E-state index contributed by atoms with van der Waals surface area (Å²) in [6, 6.07) is 0. The summed E-state index contributed by atoms with van der Waals surface area (Å²) in [7, 11) is 0. The van der Waals surface area contributed by atoms with Gasteiger partial charge in [-0.2, -0.15) is 0 Å². The van der Waals surface area contributed by atoms with E-state index in [1.54, 1.807) is 0 Å². The Morgan fingerprint density at radius 2 is 1.69 bits per heavy atom. The molecule has 0 bridgehead atoms. The van der Waals surface area contributed by atoms with Crippen molar-refractivity contribution in [3.05, 3.63) is 0 Å². The van der Waals surface area contributed by atoms with Crippen molar-refractivity contribution in [2.45, 2.75) is 51.5 Å². The third-order valence-electron chi connectivity index (χ3n) is 3.22. The zero-order valence-corrected chi connectivity index (χ0v) is 8.74. The van der Waals surface area contributed by atoms with Gasteiger partial charge in [0.25, 0.3) is 5.92 Å². The van der Waals surface area contributed by atoms with Crippen LogP contribution in [-0.4, -0.2) is 29.5 Å². The molecule has 1 nitrogen and oxygen atoms in total. The highest BCUT2D eigenvalue weighted by molar-refractivity contribution is 4.86. The molecule has 0 aromatic heterocycles. The third kappa shape index (κ3) is 2.63. The summed E-state index contributed by atoms with van der Waals surface area (Å²) in [5.41, 5.74) is 0.0799. The van der Waals surface area contributed by atoms with Crippen molar-refractivity contribution in [1.82, 2.24) is 4.90 Å². The van der Waals surface area contributed by atoms with Gasteiger partial charge in [-0.05, 0) is 20.3 Å². The van der Waals surface area contributed by atoms with Gasteiger partial charge in [-0.3, -0.25) is 4.90 Å². The van der Waals surface area contributed by atoms with Gasteiger partial charge in [-0.25, -0.2) is 8.78 Å².